The van der Waals surface area contributed by atoms with E-state index >= 15 is 0 Å². The molecule has 0 saturated heterocycles. The first kappa shape index (κ1) is 16.2. The lowest BCUT2D eigenvalue weighted by atomic mass is 10.2. The molecule has 0 unspecified atom stereocenters. The molecule has 1 heterocycles. The molecule has 0 saturated carbocycles. The predicted octanol–water partition coefficient (Wildman–Crippen LogP) is 2.99. The van der Waals surface area contributed by atoms with Gasteiger partial charge in [0.1, 0.15) is 5.82 Å². The number of benzene rings is 1. The van der Waals surface area contributed by atoms with Gasteiger partial charge < -0.3 is 16.0 Å². The third-order valence-corrected chi connectivity index (χ3v) is 3.36. The van der Waals surface area contributed by atoms with Crippen LogP contribution in [0.1, 0.15) is 26.7 Å². The summed E-state index contributed by atoms with van der Waals surface area (Å²) in [6, 6.07) is 9.67. The molecule has 0 aliphatic heterocycles. The minimum Gasteiger partial charge on any atom is -0.369 e. The van der Waals surface area contributed by atoms with Crippen LogP contribution in [-0.4, -0.2) is 30.5 Å². The molecule has 1 amide bonds. The van der Waals surface area contributed by atoms with Crippen molar-refractivity contribution in [3.05, 3.63) is 30.3 Å². The highest BCUT2D eigenvalue weighted by Crippen LogP contribution is 2.23. The van der Waals surface area contributed by atoms with E-state index in [1.807, 2.05) is 30.3 Å². The van der Waals surface area contributed by atoms with Crippen molar-refractivity contribution in [1.29, 1.82) is 0 Å². The van der Waals surface area contributed by atoms with Crippen LogP contribution in [0, 0.1) is 0 Å². The zero-order valence-corrected chi connectivity index (χ0v) is 13.3. The summed E-state index contributed by atoms with van der Waals surface area (Å²) >= 11 is 0. The molecule has 0 spiro atoms. The number of amides is 1. The van der Waals surface area contributed by atoms with Gasteiger partial charge in [-0.05, 0) is 37.2 Å². The van der Waals surface area contributed by atoms with Crippen molar-refractivity contribution in [2.75, 3.05) is 30.3 Å². The summed E-state index contributed by atoms with van der Waals surface area (Å²) in [5.41, 5.74) is 1.67. The Kier molecular flexibility index (Phi) is 6.15. The lowest BCUT2D eigenvalue weighted by Crippen LogP contribution is -2.23. The average Bonchev–Trinajstić information content (AvgIpc) is 2.50. The number of carbonyl (C=O) groups is 1. The zero-order chi connectivity index (χ0) is 15.8. The van der Waals surface area contributed by atoms with Gasteiger partial charge in [0.2, 0.25) is 5.91 Å². The normalized spacial score (nSPS) is 10.6. The van der Waals surface area contributed by atoms with Crippen LogP contribution in [0.3, 0.4) is 0 Å². The van der Waals surface area contributed by atoms with Crippen molar-refractivity contribution in [3.63, 3.8) is 0 Å². The van der Waals surface area contributed by atoms with Gasteiger partial charge in [0.15, 0.2) is 0 Å². The summed E-state index contributed by atoms with van der Waals surface area (Å²) in [6.45, 7) is 6.52. The standard InChI is InChI=1S/C17H24N4O/c1-3-4-10-18-11-12-19-17-9-8-14-15(20-13(2)22)6-5-7-16(14)21-17/h5-9,18H,3-4,10-12H2,1-2H3,(H,19,21)(H,20,22). The minimum absolute atomic E-state index is 0.0761. The molecule has 5 nitrogen and oxygen atoms in total. The number of hydrogen-bond acceptors (Lipinski definition) is 4. The SMILES string of the molecule is CCCCNCCNc1ccc2c(NC(C)=O)cccc2n1. The van der Waals surface area contributed by atoms with Crippen molar-refractivity contribution in [2.45, 2.75) is 26.7 Å². The number of carbonyl (C=O) groups excluding carboxylic acids is 1. The lowest BCUT2D eigenvalue weighted by Gasteiger charge is -2.10. The van der Waals surface area contributed by atoms with Gasteiger partial charge >= 0.3 is 0 Å². The van der Waals surface area contributed by atoms with Crippen LogP contribution in [-0.2, 0) is 4.79 Å². The maximum Gasteiger partial charge on any atom is 0.221 e. The first-order valence-electron chi connectivity index (χ1n) is 7.82. The molecule has 0 bridgehead atoms. The van der Waals surface area contributed by atoms with E-state index in [9.17, 15) is 4.79 Å². The Morgan fingerprint density at radius 2 is 2.00 bits per heavy atom. The van der Waals surface area contributed by atoms with E-state index in [-0.39, 0.29) is 5.91 Å². The van der Waals surface area contributed by atoms with Gasteiger partial charge in [-0.1, -0.05) is 19.4 Å². The van der Waals surface area contributed by atoms with Crippen LogP contribution in [0.5, 0.6) is 0 Å². The van der Waals surface area contributed by atoms with Crippen LogP contribution in [0.25, 0.3) is 10.9 Å². The summed E-state index contributed by atoms with van der Waals surface area (Å²) in [5, 5.41) is 10.5. The number of fused-ring (bicyclic) bond motifs is 1. The second-order valence-corrected chi connectivity index (χ2v) is 5.28. The van der Waals surface area contributed by atoms with Crippen LogP contribution in [0.4, 0.5) is 11.5 Å². The Bertz CT molecular complexity index is 627. The van der Waals surface area contributed by atoms with E-state index in [2.05, 4.69) is 27.9 Å². The van der Waals surface area contributed by atoms with E-state index in [0.717, 1.165) is 42.0 Å². The monoisotopic (exact) mass is 300 g/mol. The average molecular weight is 300 g/mol. The van der Waals surface area contributed by atoms with Gasteiger partial charge in [-0.2, -0.15) is 0 Å². The molecule has 0 atom stereocenters. The lowest BCUT2D eigenvalue weighted by molar-refractivity contribution is -0.114. The molecule has 5 heteroatoms. The third-order valence-electron chi connectivity index (χ3n) is 3.36. The highest BCUT2D eigenvalue weighted by atomic mass is 16.1. The van der Waals surface area contributed by atoms with Crippen LogP contribution >= 0.6 is 0 Å². The summed E-state index contributed by atoms with van der Waals surface area (Å²) in [6.07, 6.45) is 2.42. The zero-order valence-electron chi connectivity index (χ0n) is 13.3. The Hall–Kier alpha value is -2.14. The van der Waals surface area contributed by atoms with E-state index < -0.39 is 0 Å². The Labute approximate surface area is 131 Å². The van der Waals surface area contributed by atoms with Crippen molar-refractivity contribution >= 4 is 28.3 Å². The fourth-order valence-corrected chi connectivity index (χ4v) is 2.26. The Morgan fingerprint density at radius 3 is 2.77 bits per heavy atom. The third kappa shape index (κ3) is 4.70. The molecule has 118 valence electrons. The fraction of sp³-hybridized carbons (Fsp3) is 0.412. The molecular weight excluding hydrogens is 276 g/mol. The first-order valence-corrected chi connectivity index (χ1v) is 7.82. The molecule has 0 radical (unpaired) electrons. The van der Waals surface area contributed by atoms with Crippen LogP contribution in [0.15, 0.2) is 30.3 Å². The largest absolute Gasteiger partial charge is 0.369 e. The van der Waals surface area contributed by atoms with Gasteiger partial charge in [-0.3, -0.25) is 4.79 Å². The van der Waals surface area contributed by atoms with E-state index in [1.165, 1.54) is 19.8 Å². The number of nitrogens with one attached hydrogen (secondary N) is 3. The number of rotatable bonds is 8. The van der Waals surface area contributed by atoms with Gasteiger partial charge in [0, 0.05) is 25.4 Å². The second-order valence-electron chi connectivity index (χ2n) is 5.28. The fourth-order valence-electron chi connectivity index (χ4n) is 2.26. The maximum absolute atomic E-state index is 11.2. The molecule has 1 aromatic carbocycles. The second kappa shape index (κ2) is 8.34. The number of hydrogen-bond donors (Lipinski definition) is 3. The first-order chi connectivity index (χ1) is 10.7. The van der Waals surface area contributed by atoms with Crippen molar-refractivity contribution in [3.8, 4) is 0 Å². The number of pyridine rings is 1. The van der Waals surface area contributed by atoms with Crippen LogP contribution in [0.2, 0.25) is 0 Å². The van der Waals surface area contributed by atoms with Crippen LogP contribution < -0.4 is 16.0 Å². The molecule has 3 N–H and O–H groups in total. The molecule has 0 aliphatic carbocycles. The van der Waals surface area contributed by atoms with Gasteiger partial charge in [0.05, 0.1) is 11.2 Å². The van der Waals surface area contributed by atoms with Crippen molar-refractivity contribution in [1.82, 2.24) is 10.3 Å². The summed E-state index contributed by atoms with van der Waals surface area (Å²) in [4.78, 5) is 15.8. The quantitative estimate of drug-likeness (QED) is 0.656. The summed E-state index contributed by atoms with van der Waals surface area (Å²) in [7, 11) is 0. The summed E-state index contributed by atoms with van der Waals surface area (Å²) in [5.74, 6) is 0.776. The van der Waals surface area contributed by atoms with Crippen molar-refractivity contribution in [2.24, 2.45) is 0 Å². The van der Waals surface area contributed by atoms with E-state index in [4.69, 9.17) is 0 Å². The minimum atomic E-state index is -0.0761. The van der Waals surface area contributed by atoms with Gasteiger partial charge in [-0.15, -0.1) is 0 Å². The van der Waals surface area contributed by atoms with E-state index in [1.54, 1.807) is 0 Å². The maximum atomic E-state index is 11.2. The molecule has 2 aromatic rings. The smallest absolute Gasteiger partial charge is 0.221 e. The number of anilines is 2. The molecular formula is C17H24N4O. The van der Waals surface area contributed by atoms with Gasteiger partial charge in [0.25, 0.3) is 0 Å². The van der Waals surface area contributed by atoms with Crippen molar-refractivity contribution < 1.29 is 4.79 Å². The van der Waals surface area contributed by atoms with E-state index in [0.29, 0.717) is 0 Å². The molecule has 1 aromatic heterocycles. The number of aromatic nitrogens is 1. The Morgan fingerprint density at radius 1 is 1.14 bits per heavy atom. The molecule has 22 heavy (non-hydrogen) atoms. The highest BCUT2D eigenvalue weighted by molar-refractivity contribution is 6.00. The number of nitrogens with zero attached hydrogens (tertiary/aromatic N) is 1. The molecule has 0 fully saturated rings. The Balaban J connectivity index is 1.97. The summed E-state index contributed by atoms with van der Waals surface area (Å²) < 4.78 is 0. The van der Waals surface area contributed by atoms with Gasteiger partial charge in [-0.25, -0.2) is 4.98 Å². The highest BCUT2D eigenvalue weighted by Gasteiger charge is 2.04. The topological polar surface area (TPSA) is 66.0 Å². The molecule has 0 aliphatic rings. The number of unbranched alkanes of at least 4 members (excludes halogenated alkanes) is 1. The molecule has 2 rings (SSSR count). The predicted molar refractivity (Wildman–Crippen MR) is 92.3 cm³/mol.